The van der Waals surface area contributed by atoms with Crippen molar-refractivity contribution in [2.45, 2.75) is 26.2 Å². The summed E-state index contributed by atoms with van der Waals surface area (Å²) in [6.45, 7) is 3.04. The maximum Gasteiger partial charge on any atom is 0.307 e. The van der Waals surface area contributed by atoms with Crippen molar-refractivity contribution in [2.75, 3.05) is 26.8 Å². The quantitative estimate of drug-likeness (QED) is 0.594. The summed E-state index contributed by atoms with van der Waals surface area (Å²) < 4.78 is 12.3. The van der Waals surface area contributed by atoms with Gasteiger partial charge in [0.05, 0.1) is 36.4 Å². The van der Waals surface area contributed by atoms with E-state index in [1.54, 1.807) is 24.0 Å². The molecule has 1 aromatic carbocycles. The number of benzene rings is 1. The number of aromatic nitrogens is 1. The average molecular weight is 405 g/mol. The summed E-state index contributed by atoms with van der Waals surface area (Å²) in [5.74, 6) is 0.458. The number of esters is 1. The lowest BCUT2D eigenvalue weighted by atomic mass is 10.1. The van der Waals surface area contributed by atoms with E-state index in [9.17, 15) is 9.59 Å². The second-order valence-corrected chi connectivity index (χ2v) is 7.25. The van der Waals surface area contributed by atoms with Crippen LogP contribution in [-0.4, -0.2) is 48.1 Å². The Kier molecular flexibility index (Phi) is 6.62. The number of halogens is 1. The number of hydrogen-bond acceptors (Lipinski definition) is 4. The van der Waals surface area contributed by atoms with Gasteiger partial charge in [0.2, 0.25) is 0 Å². The summed E-state index contributed by atoms with van der Waals surface area (Å²) in [5, 5.41) is 0.456. The summed E-state index contributed by atoms with van der Waals surface area (Å²) in [4.78, 5) is 26.7. The molecule has 1 saturated carbocycles. The monoisotopic (exact) mass is 404 g/mol. The van der Waals surface area contributed by atoms with Crippen molar-refractivity contribution in [1.29, 1.82) is 0 Å². The van der Waals surface area contributed by atoms with Crippen LogP contribution in [0, 0.1) is 5.92 Å². The molecule has 0 unspecified atom stereocenters. The van der Waals surface area contributed by atoms with Gasteiger partial charge in [-0.15, -0.1) is 0 Å². The first-order valence-electron chi connectivity index (χ1n) is 9.49. The SMILES string of the molecule is CCOC(=O)CCN(CC1CC1)C(=O)c1cc(Cl)c(-n2cccc2)cc1OC. The van der Waals surface area contributed by atoms with Gasteiger partial charge < -0.3 is 18.9 Å². The molecule has 1 fully saturated rings. The van der Waals surface area contributed by atoms with Gasteiger partial charge in [0.25, 0.3) is 5.91 Å². The predicted octanol–water partition coefficient (Wildman–Crippen LogP) is 3.94. The standard InChI is InChI=1S/C21H25ClN2O4/c1-3-28-20(25)8-11-24(14-15-6-7-15)21(26)16-12-17(22)18(13-19(16)27-2)23-9-4-5-10-23/h4-5,9-10,12-13,15H,3,6-8,11,14H2,1-2H3. The number of ether oxygens (including phenoxy) is 2. The van der Waals surface area contributed by atoms with E-state index in [1.165, 1.54) is 7.11 Å². The summed E-state index contributed by atoms with van der Waals surface area (Å²) in [6.07, 6.45) is 6.13. The Bertz CT molecular complexity index is 831. The molecule has 0 atom stereocenters. The third-order valence-corrected chi connectivity index (χ3v) is 5.04. The topological polar surface area (TPSA) is 60.8 Å². The van der Waals surface area contributed by atoms with Gasteiger partial charge in [-0.1, -0.05) is 11.6 Å². The molecule has 1 aliphatic carbocycles. The van der Waals surface area contributed by atoms with Gasteiger partial charge >= 0.3 is 5.97 Å². The van der Waals surface area contributed by atoms with Crippen LogP contribution in [0.25, 0.3) is 5.69 Å². The van der Waals surface area contributed by atoms with Crippen LogP contribution in [-0.2, 0) is 9.53 Å². The molecule has 1 amide bonds. The molecule has 0 bridgehead atoms. The van der Waals surface area contributed by atoms with Gasteiger partial charge in [-0.2, -0.15) is 0 Å². The van der Waals surface area contributed by atoms with Crippen molar-refractivity contribution in [1.82, 2.24) is 9.47 Å². The number of carbonyl (C=O) groups is 2. The molecule has 0 radical (unpaired) electrons. The summed E-state index contributed by atoms with van der Waals surface area (Å²) in [5.41, 5.74) is 1.13. The molecule has 150 valence electrons. The minimum absolute atomic E-state index is 0.170. The molecule has 3 rings (SSSR count). The van der Waals surface area contributed by atoms with E-state index in [0.29, 0.717) is 41.9 Å². The smallest absolute Gasteiger partial charge is 0.307 e. The molecule has 1 aromatic heterocycles. The summed E-state index contributed by atoms with van der Waals surface area (Å²) in [7, 11) is 1.53. The maximum absolute atomic E-state index is 13.2. The first-order chi connectivity index (χ1) is 13.5. The van der Waals surface area contributed by atoms with Crippen LogP contribution in [0.15, 0.2) is 36.7 Å². The molecule has 1 aliphatic rings. The first-order valence-corrected chi connectivity index (χ1v) is 9.87. The van der Waals surface area contributed by atoms with Crippen molar-refractivity contribution < 1.29 is 19.1 Å². The van der Waals surface area contributed by atoms with Gasteiger partial charge in [-0.25, -0.2) is 0 Å². The van der Waals surface area contributed by atoms with Gasteiger partial charge in [-0.05, 0) is 43.9 Å². The van der Waals surface area contributed by atoms with Crippen molar-refractivity contribution in [2.24, 2.45) is 5.92 Å². The Hall–Kier alpha value is -2.47. The van der Waals surface area contributed by atoms with E-state index in [4.69, 9.17) is 21.1 Å². The minimum atomic E-state index is -0.302. The van der Waals surface area contributed by atoms with Crippen LogP contribution in [0.4, 0.5) is 0 Å². The molecule has 6 nitrogen and oxygen atoms in total. The molecule has 0 spiro atoms. The molecule has 2 aromatic rings. The molecule has 0 saturated heterocycles. The van der Waals surface area contributed by atoms with Gasteiger partial charge in [0, 0.05) is 31.5 Å². The van der Waals surface area contributed by atoms with Crippen LogP contribution in [0.3, 0.4) is 0 Å². The highest BCUT2D eigenvalue weighted by molar-refractivity contribution is 6.33. The molecule has 28 heavy (non-hydrogen) atoms. The van der Waals surface area contributed by atoms with Crippen LogP contribution >= 0.6 is 11.6 Å². The van der Waals surface area contributed by atoms with E-state index in [-0.39, 0.29) is 18.3 Å². The van der Waals surface area contributed by atoms with Gasteiger partial charge in [0.1, 0.15) is 5.75 Å². The van der Waals surface area contributed by atoms with E-state index in [0.717, 1.165) is 18.5 Å². The minimum Gasteiger partial charge on any atom is -0.496 e. The van der Waals surface area contributed by atoms with Crippen molar-refractivity contribution in [3.8, 4) is 11.4 Å². The lowest BCUT2D eigenvalue weighted by Gasteiger charge is -2.24. The van der Waals surface area contributed by atoms with E-state index >= 15 is 0 Å². The Morgan fingerprint density at radius 3 is 2.57 bits per heavy atom. The molecule has 0 N–H and O–H groups in total. The van der Waals surface area contributed by atoms with Crippen LogP contribution in [0.2, 0.25) is 5.02 Å². The molecular formula is C21H25ClN2O4. The number of amides is 1. The van der Waals surface area contributed by atoms with Crippen LogP contribution < -0.4 is 4.74 Å². The zero-order chi connectivity index (χ0) is 20.1. The molecular weight excluding hydrogens is 380 g/mol. The van der Waals surface area contributed by atoms with Crippen LogP contribution in [0.5, 0.6) is 5.75 Å². The number of rotatable bonds is 9. The highest BCUT2D eigenvalue weighted by Crippen LogP contribution is 2.33. The van der Waals surface area contributed by atoms with Crippen molar-refractivity contribution in [3.63, 3.8) is 0 Å². The second-order valence-electron chi connectivity index (χ2n) is 6.84. The molecule has 0 aliphatic heterocycles. The zero-order valence-corrected chi connectivity index (χ0v) is 16.9. The number of nitrogens with zero attached hydrogens (tertiary/aromatic N) is 2. The average Bonchev–Trinajstić information content (AvgIpc) is 3.34. The fourth-order valence-electron chi connectivity index (χ4n) is 3.09. The largest absolute Gasteiger partial charge is 0.496 e. The number of hydrogen-bond donors (Lipinski definition) is 0. The van der Waals surface area contributed by atoms with Crippen molar-refractivity contribution in [3.05, 3.63) is 47.2 Å². The maximum atomic E-state index is 13.2. The fourth-order valence-corrected chi connectivity index (χ4v) is 3.35. The predicted molar refractivity (Wildman–Crippen MR) is 107 cm³/mol. The van der Waals surface area contributed by atoms with E-state index < -0.39 is 0 Å². The number of methoxy groups -OCH3 is 1. The lowest BCUT2D eigenvalue weighted by Crippen LogP contribution is -2.35. The summed E-state index contributed by atoms with van der Waals surface area (Å²) >= 11 is 6.46. The van der Waals surface area contributed by atoms with Gasteiger partial charge in [0.15, 0.2) is 0 Å². The Morgan fingerprint density at radius 2 is 1.96 bits per heavy atom. The third-order valence-electron chi connectivity index (χ3n) is 4.74. The lowest BCUT2D eigenvalue weighted by molar-refractivity contribution is -0.143. The molecule has 1 heterocycles. The number of carbonyl (C=O) groups excluding carboxylic acids is 2. The van der Waals surface area contributed by atoms with Gasteiger partial charge in [-0.3, -0.25) is 9.59 Å². The summed E-state index contributed by atoms with van der Waals surface area (Å²) in [6, 6.07) is 7.20. The Labute approximate surface area is 170 Å². The Balaban J connectivity index is 1.84. The second kappa shape index (κ2) is 9.15. The third kappa shape index (κ3) is 4.87. The fraction of sp³-hybridized carbons (Fsp3) is 0.429. The van der Waals surface area contributed by atoms with Crippen molar-refractivity contribution >= 4 is 23.5 Å². The highest BCUT2D eigenvalue weighted by atomic mass is 35.5. The highest BCUT2D eigenvalue weighted by Gasteiger charge is 2.29. The van der Waals surface area contributed by atoms with E-state index in [2.05, 4.69) is 0 Å². The zero-order valence-electron chi connectivity index (χ0n) is 16.2. The molecule has 7 heteroatoms. The Morgan fingerprint density at radius 1 is 1.25 bits per heavy atom. The van der Waals surface area contributed by atoms with E-state index in [1.807, 2.05) is 29.1 Å². The normalized spacial score (nSPS) is 13.2. The first kappa shape index (κ1) is 20.3. The van der Waals surface area contributed by atoms with Crippen LogP contribution in [0.1, 0.15) is 36.5 Å².